The van der Waals surface area contributed by atoms with Crippen molar-refractivity contribution in [2.75, 3.05) is 13.4 Å². The van der Waals surface area contributed by atoms with E-state index in [1.54, 1.807) is 32.7 Å². The van der Waals surface area contributed by atoms with E-state index in [4.69, 9.17) is 4.74 Å². The van der Waals surface area contributed by atoms with Crippen LogP contribution < -0.4 is 4.74 Å². The van der Waals surface area contributed by atoms with Crippen molar-refractivity contribution in [3.8, 4) is 5.75 Å². The summed E-state index contributed by atoms with van der Waals surface area (Å²) in [6.45, 7) is 3.53. The highest BCUT2D eigenvalue weighted by atomic mass is 32.2. The normalized spacial score (nSPS) is 11.5. The van der Waals surface area contributed by atoms with Gasteiger partial charge in [-0.25, -0.2) is 0 Å². The van der Waals surface area contributed by atoms with E-state index < -0.39 is 5.60 Å². The molecule has 1 rings (SSSR count). The van der Waals surface area contributed by atoms with E-state index in [0.717, 1.165) is 16.2 Å². The summed E-state index contributed by atoms with van der Waals surface area (Å²) in [5.74, 6) is 0.817. The molecule has 0 bridgehead atoms. The van der Waals surface area contributed by atoms with Gasteiger partial charge in [-0.15, -0.1) is 11.8 Å². The molecule has 0 aliphatic heterocycles. The van der Waals surface area contributed by atoms with E-state index in [-0.39, 0.29) is 0 Å². The predicted octanol–water partition coefficient (Wildman–Crippen LogP) is 2.64. The second-order valence-electron chi connectivity index (χ2n) is 3.63. The lowest BCUT2D eigenvalue weighted by atomic mass is 9.98. The molecule has 0 saturated carbocycles. The van der Waals surface area contributed by atoms with Gasteiger partial charge in [0.2, 0.25) is 0 Å². The number of thioether (sulfide) groups is 1. The van der Waals surface area contributed by atoms with Crippen LogP contribution >= 0.6 is 11.8 Å². The highest BCUT2D eigenvalue weighted by Gasteiger charge is 2.17. The summed E-state index contributed by atoms with van der Waals surface area (Å²) in [7, 11) is 1.64. The minimum absolute atomic E-state index is 0.815. The van der Waals surface area contributed by atoms with E-state index >= 15 is 0 Å². The molecule has 1 aromatic carbocycles. The maximum absolute atomic E-state index is 9.81. The van der Waals surface area contributed by atoms with Gasteiger partial charge in [-0.3, -0.25) is 0 Å². The fourth-order valence-electron chi connectivity index (χ4n) is 1.22. The molecule has 2 nitrogen and oxygen atoms in total. The molecule has 0 aromatic heterocycles. The topological polar surface area (TPSA) is 29.5 Å². The van der Waals surface area contributed by atoms with Gasteiger partial charge in [0.25, 0.3) is 0 Å². The first-order valence-electron chi connectivity index (χ1n) is 4.44. The van der Waals surface area contributed by atoms with Crippen LogP contribution in [-0.2, 0) is 5.60 Å². The van der Waals surface area contributed by atoms with Gasteiger partial charge in [-0.1, -0.05) is 6.07 Å². The van der Waals surface area contributed by atoms with E-state index in [2.05, 4.69) is 0 Å². The summed E-state index contributed by atoms with van der Waals surface area (Å²) >= 11 is 1.63. The molecule has 0 aliphatic carbocycles. The van der Waals surface area contributed by atoms with Crippen molar-refractivity contribution in [2.45, 2.75) is 24.3 Å². The van der Waals surface area contributed by atoms with Gasteiger partial charge in [0, 0.05) is 4.90 Å². The van der Waals surface area contributed by atoms with Crippen molar-refractivity contribution in [2.24, 2.45) is 0 Å². The van der Waals surface area contributed by atoms with Crippen LogP contribution in [0.2, 0.25) is 0 Å². The molecule has 0 radical (unpaired) electrons. The molecular formula is C11H16O2S. The van der Waals surface area contributed by atoms with Crippen molar-refractivity contribution in [1.29, 1.82) is 0 Å². The lowest BCUT2D eigenvalue weighted by Gasteiger charge is -2.19. The van der Waals surface area contributed by atoms with Gasteiger partial charge < -0.3 is 9.84 Å². The summed E-state index contributed by atoms with van der Waals surface area (Å²) in [6.07, 6.45) is 2.00. The lowest BCUT2D eigenvalue weighted by Crippen LogP contribution is -2.15. The van der Waals surface area contributed by atoms with Crippen LogP contribution in [0, 0.1) is 0 Å². The van der Waals surface area contributed by atoms with Crippen molar-refractivity contribution in [3.63, 3.8) is 0 Å². The molecule has 0 unspecified atom stereocenters. The molecular weight excluding hydrogens is 196 g/mol. The molecule has 14 heavy (non-hydrogen) atoms. The Bertz CT molecular complexity index is 316. The minimum atomic E-state index is -0.815. The number of hydrogen-bond donors (Lipinski definition) is 1. The first-order chi connectivity index (χ1) is 6.49. The second kappa shape index (κ2) is 4.24. The predicted molar refractivity (Wildman–Crippen MR) is 60.0 cm³/mol. The van der Waals surface area contributed by atoms with Gasteiger partial charge in [-0.05, 0) is 37.8 Å². The van der Waals surface area contributed by atoms with Gasteiger partial charge in [-0.2, -0.15) is 0 Å². The zero-order chi connectivity index (χ0) is 10.8. The number of hydrogen-bond acceptors (Lipinski definition) is 3. The second-order valence-corrected chi connectivity index (χ2v) is 4.48. The largest absolute Gasteiger partial charge is 0.496 e. The Kier molecular flexibility index (Phi) is 3.45. The third-order valence-corrected chi connectivity index (χ3v) is 2.87. The Morgan fingerprint density at radius 1 is 1.36 bits per heavy atom. The van der Waals surface area contributed by atoms with Crippen LogP contribution in [0.4, 0.5) is 0 Å². The van der Waals surface area contributed by atoms with Crippen LogP contribution in [0.3, 0.4) is 0 Å². The van der Waals surface area contributed by atoms with Crippen molar-refractivity contribution in [3.05, 3.63) is 23.8 Å². The fourth-order valence-corrected chi connectivity index (χ4v) is 1.76. The Hall–Kier alpha value is -0.670. The maximum atomic E-state index is 9.81. The zero-order valence-corrected chi connectivity index (χ0v) is 9.81. The summed E-state index contributed by atoms with van der Waals surface area (Å²) in [6, 6.07) is 5.77. The average molecular weight is 212 g/mol. The standard InChI is InChI=1S/C11H16O2S/c1-11(2,12)8-5-6-10(14-4)9(7-8)13-3/h5-7,12H,1-4H3. The molecule has 1 N–H and O–H groups in total. The SMILES string of the molecule is COc1cc(C(C)(C)O)ccc1SC. The molecule has 1 aromatic rings. The molecule has 0 amide bonds. The maximum Gasteiger partial charge on any atom is 0.132 e. The van der Waals surface area contributed by atoms with Gasteiger partial charge in [0.05, 0.1) is 12.7 Å². The van der Waals surface area contributed by atoms with Crippen LogP contribution in [0.25, 0.3) is 0 Å². The molecule has 0 aliphatic rings. The Morgan fingerprint density at radius 3 is 2.43 bits per heavy atom. The van der Waals surface area contributed by atoms with Crippen molar-refractivity contribution < 1.29 is 9.84 Å². The minimum Gasteiger partial charge on any atom is -0.496 e. The zero-order valence-electron chi connectivity index (χ0n) is 9.00. The smallest absolute Gasteiger partial charge is 0.132 e. The summed E-state index contributed by atoms with van der Waals surface area (Å²) in [5, 5.41) is 9.81. The third-order valence-electron chi connectivity index (χ3n) is 2.09. The van der Waals surface area contributed by atoms with Gasteiger partial charge >= 0.3 is 0 Å². The summed E-state index contributed by atoms with van der Waals surface area (Å²) < 4.78 is 5.24. The average Bonchev–Trinajstić information content (AvgIpc) is 2.15. The van der Waals surface area contributed by atoms with E-state index in [1.807, 2.05) is 24.5 Å². The molecule has 0 heterocycles. The van der Waals surface area contributed by atoms with Gasteiger partial charge in [0.15, 0.2) is 0 Å². The van der Waals surface area contributed by atoms with Crippen LogP contribution in [-0.4, -0.2) is 18.5 Å². The lowest BCUT2D eigenvalue weighted by molar-refractivity contribution is 0.0782. The molecule has 0 fully saturated rings. The highest BCUT2D eigenvalue weighted by molar-refractivity contribution is 7.98. The summed E-state index contributed by atoms with van der Waals surface area (Å²) in [5.41, 5.74) is 0.0525. The Labute approximate surface area is 89.3 Å². The first kappa shape index (κ1) is 11.4. The first-order valence-corrected chi connectivity index (χ1v) is 5.66. The molecule has 0 atom stereocenters. The number of rotatable bonds is 3. The van der Waals surface area contributed by atoms with Crippen LogP contribution in [0.5, 0.6) is 5.75 Å². The number of methoxy groups -OCH3 is 1. The monoisotopic (exact) mass is 212 g/mol. The van der Waals surface area contributed by atoms with Crippen LogP contribution in [0.15, 0.2) is 23.1 Å². The number of aliphatic hydroxyl groups is 1. The highest BCUT2D eigenvalue weighted by Crippen LogP contribution is 2.31. The third kappa shape index (κ3) is 2.42. The van der Waals surface area contributed by atoms with Crippen molar-refractivity contribution >= 4 is 11.8 Å². The van der Waals surface area contributed by atoms with E-state index in [1.165, 1.54) is 0 Å². The van der Waals surface area contributed by atoms with E-state index in [9.17, 15) is 5.11 Å². The summed E-state index contributed by atoms with van der Waals surface area (Å²) in [4.78, 5) is 1.08. The quantitative estimate of drug-likeness (QED) is 0.781. The van der Waals surface area contributed by atoms with Gasteiger partial charge in [0.1, 0.15) is 5.75 Å². The Balaban J connectivity index is 3.14. The molecule has 3 heteroatoms. The van der Waals surface area contributed by atoms with E-state index in [0.29, 0.717) is 0 Å². The molecule has 0 saturated heterocycles. The van der Waals surface area contributed by atoms with Crippen LogP contribution in [0.1, 0.15) is 19.4 Å². The van der Waals surface area contributed by atoms with Crippen molar-refractivity contribution in [1.82, 2.24) is 0 Å². The fraction of sp³-hybridized carbons (Fsp3) is 0.455. The molecule has 0 spiro atoms. The number of ether oxygens (including phenoxy) is 1. The Morgan fingerprint density at radius 2 is 2.00 bits per heavy atom. The number of benzene rings is 1. The molecule has 78 valence electrons.